The van der Waals surface area contributed by atoms with Crippen LogP contribution in [0.15, 0.2) is 49.2 Å². The third-order valence-electron chi connectivity index (χ3n) is 4.91. The summed E-state index contributed by atoms with van der Waals surface area (Å²) in [6.45, 7) is 3.72. The van der Waals surface area contributed by atoms with Crippen LogP contribution in [0.3, 0.4) is 0 Å². The summed E-state index contributed by atoms with van der Waals surface area (Å²) in [6, 6.07) is 6.37. The smallest absolute Gasteiger partial charge is 0.277 e. The number of rotatable bonds is 10. The van der Waals surface area contributed by atoms with Crippen LogP contribution >= 0.6 is 22.6 Å². The number of nitrogens with one attached hydrogen (secondary N) is 2. The number of allylic oxidation sites excluding steroid dienone is 1. The topological polar surface area (TPSA) is 89.3 Å². The molecule has 0 aliphatic rings. The second-order valence-corrected chi connectivity index (χ2v) is 8.64. The number of nitrogens with two attached hydrogens (primary N) is 1. The fourth-order valence-corrected chi connectivity index (χ4v) is 3.60. The number of nitrogens with zero attached hydrogens (tertiary/aromatic N) is 1. The Morgan fingerprint density at radius 3 is 2.60 bits per heavy atom. The van der Waals surface area contributed by atoms with Crippen molar-refractivity contribution in [1.82, 2.24) is 10.5 Å². The highest BCUT2D eigenvalue weighted by atomic mass is 127. The molecule has 0 aliphatic carbocycles. The molecule has 4 N–H and O–H groups in total. The average Bonchev–Trinajstić information content (AvgIpc) is 2.82. The van der Waals surface area contributed by atoms with E-state index < -0.39 is 47.1 Å². The van der Waals surface area contributed by atoms with Crippen LogP contribution in [-0.4, -0.2) is 17.5 Å². The summed E-state index contributed by atoms with van der Waals surface area (Å²) >= 11 is 1.89. The number of pyridine rings is 1. The fraction of sp³-hybridized carbons (Fsp3) is 0.167. The molecule has 0 radical (unpaired) electrons. The van der Waals surface area contributed by atoms with E-state index in [9.17, 15) is 13.6 Å². The maximum Gasteiger partial charge on any atom is 0.277 e. The van der Waals surface area contributed by atoms with Crippen molar-refractivity contribution in [3.63, 3.8) is 0 Å². The zero-order chi connectivity index (χ0) is 25.5. The molecule has 11 heteroatoms. The van der Waals surface area contributed by atoms with E-state index in [1.54, 1.807) is 12.1 Å². The van der Waals surface area contributed by atoms with E-state index in [1.165, 1.54) is 24.4 Å². The summed E-state index contributed by atoms with van der Waals surface area (Å²) in [6.07, 6.45) is 3.69. The number of amides is 1. The summed E-state index contributed by atoms with van der Waals surface area (Å²) in [4.78, 5) is 21.5. The Balaban J connectivity index is 2.01. The predicted octanol–water partition coefficient (Wildman–Crippen LogP) is 5.79. The highest BCUT2D eigenvalue weighted by Crippen LogP contribution is 2.32. The molecule has 3 rings (SSSR count). The molecule has 0 saturated heterocycles. The van der Waals surface area contributed by atoms with E-state index in [0.29, 0.717) is 16.4 Å². The van der Waals surface area contributed by atoms with Gasteiger partial charge in [-0.25, -0.2) is 28.0 Å². The molecule has 0 spiro atoms. The van der Waals surface area contributed by atoms with Crippen molar-refractivity contribution in [2.24, 2.45) is 0 Å². The maximum atomic E-state index is 15.2. The predicted molar refractivity (Wildman–Crippen MR) is 133 cm³/mol. The number of carbonyl (C=O) groups is 1. The lowest BCUT2D eigenvalue weighted by Crippen LogP contribution is -2.26. The molecule has 1 aromatic heterocycles. The normalized spacial score (nSPS) is 10.8. The van der Waals surface area contributed by atoms with Crippen LogP contribution in [-0.2, 0) is 11.3 Å². The quantitative estimate of drug-likeness (QED) is 0.0903. The van der Waals surface area contributed by atoms with Crippen LogP contribution in [0.1, 0.15) is 34.3 Å². The fourth-order valence-electron chi connectivity index (χ4n) is 3.15. The van der Waals surface area contributed by atoms with Crippen molar-refractivity contribution in [2.75, 3.05) is 17.7 Å². The Morgan fingerprint density at radius 2 is 1.89 bits per heavy atom. The summed E-state index contributed by atoms with van der Waals surface area (Å²) in [5, 5.41) is 2.45. The molecule has 0 fully saturated rings. The molecule has 35 heavy (non-hydrogen) atoms. The van der Waals surface area contributed by atoms with Gasteiger partial charge in [0.25, 0.3) is 5.91 Å². The molecule has 0 unspecified atom stereocenters. The third kappa shape index (κ3) is 6.48. The van der Waals surface area contributed by atoms with Gasteiger partial charge < -0.3 is 11.1 Å². The van der Waals surface area contributed by atoms with Crippen molar-refractivity contribution < 1.29 is 27.2 Å². The number of nitrogen functional groups attached to an aromatic ring is 1. The lowest BCUT2D eigenvalue weighted by molar-refractivity contribution is 0.0306. The first-order valence-corrected chi connectivity index (χ1v) is 11.5. The second-order valence-electron chi connectivity index (χ2n) is 7.39. The Bertz CT molecular complexity index is 1260. The molecular weight excluding hydrogens is 579 g/mol. The first kappa shape index (κ1) is 26.4. The number of hydrogen-bond donors (Lipinski definition) is 3. The van der Waals surface area contributed by atoms with E-state index in [0.717, 1.165) is 6.07 Å². The van der Waals surface area contributed by atoms with Gasteiger partial charge in [-0.1, -0.05) is 6.08 Å². The van der Waals surface area contributed by atoms with Gasteiger partial charge in [-0.2, -0.15) is 0 Å². The van der Waals surface area contributed by atoms with Gasteiger partial charge in [-0.15, -0.1) is 6.58 Å². The second kappa shape index (κ2) is 12.0. The van der Waals surface area contributed by atoms with Crippen molar-refractivity contribution in [3.05, 3.63) is 92.7 Å². The number of unbranched alkanes of at least 4 members (excludes halogenated alkanes) is 1. The minimum atomic E-state index is -1.44. The first-order valence-electron chi connectivity index (χ1n) is 10.4. The molecule has 0 atom stereocenters. The molecule has 1 amide bonds. The van der Waals surface area contributed by atoms with Crippen molar-refractivity contribution >= 4 is 45.7 Å². The number of hydrogen-bond acceptors (Lipinski definition) is 5. The van der Waals surface area contributed by atoms with E-state index in [1.807, 2.05) is 22.6 Å². The van der Waals surface area contributed by atoms with E-state index >= 15 is 8.78 Å². The van der Waals surface area contributed by atoms with Crippen molar-refractivity contribution in [1.29, 1.82) is 0 Å². The SMILES string of the molecule is C=CCCCONC(=O)c1cc(Cc2ccnc(N)c2F)c(F)c(F)c1Nc1ccc(I)cc1F. The number of anilines is 3. The molecule has 2 aromatic carbocycles. The molecule has 0 saturated carbocycles. The summed E-state index contributed by atoms with van der Waals surface area (Å²) < 4.78 is 59.6. The molecular formula is C24H21F4IN4O2. The average molecular weight is 600 g/mol. The van der Waals surface area contributed by atoms with Crippen molar-refractivity contribution in [2.45, 2.75) is 19.3 Å². The van der Waals surface area contributed by atoms with Gasteiger partial charge in [0.15, 0.2) is 23.3 Å². The molecule has 184 valence electrons. The monoisotopic (exact) mass is 600 g/mol. The summed E-state index contributed by atoms with van der Waals surface area (Å²) in [5.74, 6) is -5.71. The van der Waals surface area contributed by atoms with Crippen LogP contribution < -0.4 is 16.5 Å². The largest absolute Gasteiger partial charge is 0.381 e. The maximum absolute atomic E-state index is 15.2. The number of aromatic nitrogens is 1. The molecule has 1 heterocycles. The Kier molecular flexibility index (Phi) is 9.04. The lowest BCUT2D eigenvalue weighted by Gasteiger charge is -2.17. The van der Waals surface area contributed by atoms with Crippen molar-refractivity contribution in [3.8, 4) is 0 Å². The zero-order valence-electron chi connectivity index (χ0n) is 18.3. The van der Waals surface area contributed by atoms with Gasteiger partial charge >= 0.3 is 0 Å². The Hall–Kier alpha value is -3.19. The molecule has 0 aliphatic heterocycles. The Labute approximate surface area is 212 Å². The molecule has 0 bridgehead atoms. The summed E-state index contributed by atoms with van der Waals surface area (Å²) in [7, 11) is 0. The van der Waals surface area contributed by atoms with Crippen LogP contribution in [0.2, 0.25) is 0 Å². The molecule has 6 nitrogen and oxygen atoms in total. The Morgan fingerprint density at radius 1 is 1.11 bits per heavy atom. The number of benzene rings is 2. The van der Waals surface area contributed by atoms with Gasteiger partial charge in [0, 0.05) is 16.2 Å². The van der Waals surface area contributed by atoms with Gasteiger partial charge in [-0.3, -0.25) is 9.63 Å². The van der Waals surface area contributed by atoms with Crippen LogP contribution in [0.25, 0.3) is 0 Å². The van der Waals surface area contributed by atoms with E-state index in [-0.39, 0.29) is 29.0 Å². The van der Waals surface area contributed by atoms with Gasteiger partial charge in [0.05, 0.1) is 23.5 Å². The minimum absolute atomic E-state index is 0.0489. The first-order chi connectivity index (χ1) is 16.7. The van der Waals surface area contributed by atoms with Crippen LogP contribution in [0.5, 0.6) is 0 Å². The minimum Gasteiger partial charge on any atom is -0.381 e. The lowest BCUT2D eigenvalue weighted by atomic mass is 10.00. The standard InChI is InChI=1S/C24H21F4IN4O2/c1-2-3-4-9-35-33-24(34)16-11-14(10-13-7-8-31-23(30)20(13)27)19(26)21(28)22(16)32-18-6-5-15(29)12-17(18)25/h2,5-8,11-12,32H,1,3-4,9-10H2,(H2,30,31)(H,33,34). The van der Waals surface area contributed by atoms with E-state index in [2.05, 4.69) is 22.4 Å². The van der Waals surface area contributed by atoms with E-state index in [4.69, 9.17) is 10.6 Å². The number of halogens is 5. The van der Waals surface area contributed by atoms with Gasteiger partial charge in [0.2, 0.25) is 0 Å². The zero-order valence-corrected chi connectivity index (χ0v) is 20.5. The number of carbonyl (C=O) groups excluding carboxylic acids is 1. The summed E-state index contributed by atoms with van der Waals surface area (Å²) in [5.41, 5.74) is 6.10. The van der Waals surface area contributed by atoms with Crippen LogP contribution in [0.4, 0.5) is 34.8 Å². The third-order valence-corrected chi connectivity index (χ3v) is 5.59. The highest BCUT2D eigenvalue weighted by Gasteiger charge is 2.24. The van der Waals surface area contributed by atoms with Crippen LogP contribution in [0, 0.1) is 26.8 Å². The van der Waals surface area contributed by atoms with Gasteiger partial charge in [-0.05, 0) is 76.9 Å². The highest BCUT2D eigenvalue weighted by molar-refractivity contribution is 14.1. The number of hydroxylamine groups is 1. The molecule has 3 aromatic rings. The van der Waals surface area contributed by atoms with Gasteiger partial charge in [0.1, 0.15) is 5.82 Å².